The molecule has 0 spiro atoms. The van der Waals surface area contributed by atoms with Gasteiger partial charge in [-0.1, -0.05) is 18.2 Å². The molecule has 10 heteroatoms. The number of benzene rings is 2. The van der Waals surface area contributed by atoms with Gasteiger partial charge in [0.25, 0.3) is 5.91 Å². The lowest BCUT2D eigenvalue weighted by Crippen LogP contribution is -2.52. The summed E-state index contributed by atoms with van der Waals surface area (Å²) in [5.41, 5.74) is 1.73. The lowest BCUT2D eigenvalue weighted by Gasteiger charge is -2.40. The van der Waals surface area contributed by atoms with Gasteiger partial charge in [0.15, 0.2) is 11.6 Å². The highest BCUT2D eigenvalue weighted by Crippen LogP contribution is 2.37. The van der Waals surface area contributed by atoms with E-state index in [0.717, 1.165) is 55.1 Å². The molecule has 1 N–H and O–H groups in total. The average molecular weight is 543 g/mol. The number of halogens is 3. The fourth-order valence-electron chi connectivity index (χ4n) is 5.35. The number of piperidine rings is 1. The normalized spacial score (nSPS) is 19.0. The quantitative estimate of drug-likeness (QED) is 0.514. The Morgan fingerprint density at radius 1 is 0.974 bits per heavy atom. The molecular formula is C29H33F3N4O3. The maximum atomic E-state index is 14.1. The van der Waals surface area contributed by atoms with Crippen LogP contribution in [-0.4, -0.2) is 65.8 Å². The topological polar surface area (TPSA) is 73.0 Å². The van der Waals surface area contributed by atoms with Crippen molar-refractivity contribution >= 4 is 17.8 Å². The van der Waals surface area contributed by atoms with Gasteiger partial charge in [-0.3, -0.25) is 14.5 Å². The molecule has 4 amide bonds. The summed E-state index contributed by atoms with van der Waals surface area (Å²) in [6.07, 6.45) is 2.63. The van der Waals surface area contributed by atoms with Crippen LogP contribution in [0.4, 0.5) is 18.0 Å². The summed E-state index contributed by atoms with van der Waals surface area (Å²) in [5.74, 6) is -3.14. The number of urea groups is 1. The third kappa shape index (κ3) is 6.16. The van der Waals surface area contributed by atoms with E-state index in [1.54, 1.807) is 6.92 Å². The van der Waals surface area contributed by atoms with E-state index in [2.05, 4.69) is 10.2 Å². The number of carbonyl (C=O) groups excluding carboxylic acids is 3. The van der Waals surface area contributed by atoms with E-state index < -0.39 is 35.5 Å². The molecule has 0 aromatic heterocycles. The van der Waals surface area contributed by atoms with Gasteiger partial charge in [0, 0.05) is 26.2 Å². The minimum Gasteiger partial charge on any atom is -0.352 e. The molecule has 2 aromatic carbocycles. The number of allylic oxidation sites excluding steroid dienone is 1. The lowest BCUT2D eigenvalue weighted by molar-refractivity contribution is -0.128. The number of rotatable bonds is 7. The van der Waals surface area contributed by atoms with Gasteiger partial charge >= 0.3 is 6.03 Å². The second-order valence-corrected chi connectivity index (χ2v) is 10.1. The third-order valence-corrected chi connectivity index (χ3v) is 7.63. The molecule has 2 heterocycles. The fourth-order valence-corrected chi connectivity index (χ4v) is 5.35. The first kappa shape index (κ1) is 28.4. The number of amides is 4. The van der Waals surface area contributed by atoms with Gasteiger partial charge in [-0.15, -0.1) is 0 Å². The predicted molar refractivity (Wildman–Crippen MR) is 140 cm³/mol. The molecule has 0 aliphatic carbocycles. The highest BCUT2D eigenvalue weighted by Gasteiger charge is 2.42. The van der Waals surface area contributed by atoms with Gasteiger partial charge < -0.3 is 15.1 Å². The zero-order chi connectivity index (χ0) is 28.3. The minimum absolute atomic E-state index is 0.124. The third-order valence-electron chi connectivity index (χ3n) is 7.63. The number of nitrogens with zero attached hydrogens (tertiary/aromatic N) is 3. The largest absolute Gasteiger partial charge is 0.352 e. The van der Waals surface area contributed by atoms with Crippen LogP contribution in [0.15, 0.2) is 53.7 Å². The highest BCUT2D eigenvalue weighted by atomic mass is 19.2. The molecule has 39 heavy (non-hydrogen) atoms. The standard InChI is InChI=1S/C29H33F3N4O3/c1-18-26(27(22-7-10-24(31)25(32)17-22)36(19(2)37)29(39)34(18)3)28(38)33-13-4-14-35-15-11-21(12-16-35)20-5-8-23(30)9-6-20/h5-10,17,21,27H,4,11-16H2,1-3H3,(H,33,38)/t27-/m1/s1. The van der Waals surface area contributed by atoms with Crippen molar-refractivity contribution in [3.8, 4) is 0 Å². The van der Waals surface area contributed by atoms with Crippen molar-refractivity contribution < 1.29 is 27.6 Å². The van der Waals surface area contributed by atoms with E-state index in [4.69, 9.17) is 0 Å². The second-order valence-electron chi connectivity index (χ2n) is 10.1. The molecule has 1 atom stereocenters. The van der Waals surface area contributed by atoms with E-state index in [-0.39, 0.29) is 17.0 Å². The Balaban J connectivity index is 1.39. The Labute approximate surface area is 226 Å². The number of nitrogens with one attached hydrogen (secondary N) is 1. The molecule has 1 fully saturated rings. The molecule has 208 valence electrons. The molecule has 2 aliphatic heterocycles. The highest BCUT2D eigenvalue weighted by molar-refractivity contribution is 6.03. The van der Waals surface area contributed by atoms with Crippen molar-refractivity contribution in [2.75, 3.05) is 33.2 Å². The van der Waals surface area contributed by atoms with Crippen LogP contribution in [0.2, 0.25) is 0 Å². The Kier molecular flexibility index (Phi) is 8.74. The maximum Gasteiger partial charge on any atom is 0.331 e. The predicted octanol–water partition coefficient (Wildman–Crippen LogP) is 4.72. The van der Waals surface area contributed by atoms with Crippen molar-refractivity contribution in [3.05, 3.63) is 82.3 Å². The lowest BCUT2D eigenvalue weighted by atomic mass is 9.89. The van der Waals surface area contributed by atoms with Gasteiger partial charge in [-0.25, -0.2) is 18.0 Å². The van der Waals surface area contributed by atoms with Gasteiger partial charge in [0.2, 0.25) is 5.91 Å². The Hall–Kier alpha value is -3.66. The summed E-state index contributed by atoms with van der Waals surface area (Å²) in [6, 6.07) is 7.93. The number of hydrogen-bond donors (Lipinski definition) is 1. The van der Waals surface area contributed by atoms with Crippen molar-refractivity contribution in [3.63, 3.8) is 0 Å². The van der Waals surface area contributed by atoms with E-state index in [9.17, 15) is 27.6 Å². The van der Waals surface area contributed by atoms with E-state index in [1.807, 2.05) is 12.1 Å². The zero-order valence-corrected chi connectivity index (χ0v) is 22.3. The average Bonchev–Trinajstić information content (AvgIpc) is 2.91. The van der Waals surface area contributed by atoms with Gasteiger partial charge in [0.1, 0.15) is 5.82 Å². The maximum absolute atomic E-state index is 14.1. The van der Waals surface area contributed by atoms with Crippen molar-refractivity contribution in [1.29, 1.82) is 0 Å². The Morgan fingerprint density at radius 3 is 2.23 bits per heavy atom. The molecule has 0 radical (unpaired) electrons. The summed E-state index contributed by atoms with van der Waals surface area (Å²) >= 11 is 0. The molecule has 0 bridgehead atoms. The Morgan fingerprint density at radius 2 is 1.62 bits per heavy atom. The van der Waals surface area contributed by atoms with E-state index in [1.165, 1.54) is 37.1 Å². The van der Waals surface area contributed by atoms with Crippen molar-refractivity contribution in [2.24, 2.45) is 0 Å². The number of likely N-dealkylation sites (tertiary alicyclic amines) is 1. The van der Waals surface area contributed by atoms with Crippen molar-refractivity contribution in [1.82, 2.24) is 20.0 Å². The first-order valence-corrected chi connectivity index (χ1v) is 13.1. The summed E-state index contributed by atoms with van der Waals surface area (Å²) in [7, 11) is 1.46. The summed E-state index contributed by atoms with van der Waals surface area (Å²) < 4.78 is 41.0. The number of carbonyl (C=O) groups is 3. The summed E-state index contributed by atoms with van der Waals surface area (Å²) in [4.78, 5) is 43.2. The molecular weight excluding hydrogens is 509 g/mol. The molecule has 7 nitrogen and oxygen atoms in total. The van der Waals surface area contributed by atoms with Crippen LogP contribution in [0.25, 0.3) is 0 Å². The van der Waals surface area contributed by atoms with E-state index in [0.29, 0.717) is 24.6 Å². The zero-order valence-electron chi connectivity index (χ0n) is 22.3. The SMILES string of the molecule is CC(=O)N1C(=O)N(C)C(C)=C(C(=O)NCCCN2CCC(c3ccc(F)cc3)CC2)[C@H]1c1ccc(F)c(F)c1. The molecule has 2 aliphatic rings. The van der Waals surface area contributed by atoms with Crippen LogP contribution in [-0.2, 0) is 9.59 Å². The fraction of sp³-hybridized carbons (Fsp3) is 0.414. The molecule has 2 aromatic rings. The van der Waals surface area contributed by atoms with Gasteiger partial charge in [-0.2, -0.15) is 0 Å². The minimum atomic E-state index is -1.19. The van der Waals surface area contributed by atoms with E-state index >= 15 is 0 Å². The van der Waals surface area contributed by atoms with Gasteiger partial charge in [-0.05, 0) is 87.1 Å². The van der Waals surface area contributed by atoms with Crippen LogP contribution in [0.1, 0.15) is 56.2 Å². The van der Waals surface area contributed by atoms with Crippen LogP contribution in [0.5, 0.6) is 0 Å². The van der Waals surface area contributed by atoms with Gasteiger partial charge in [0.05, 0.1) is 11.6 Å². The molecule has 1 saturated heterocycles. The summed E-state index contributed by atoms with van der Waals surface area (Å²) in [5, 5.41) is 2.88. The monoisotopic (exact) mass is 542 g/mol. The number of hydrogen-bond acceptors (Lipinski definition) is 4. The second kappa shape index (κ2) is 12.0. The molecule has 4 rings (SSSR count). The molecule has 0 saturated carbocycles. The number of imide groups is 1. The van der Waals surface area contributed by atoms with Crippen molar-refractivity contribution in [2.45, 2.75) is 45.1 Å². The van der Waals surface area contributed by atoms with Crippen LogP contribution < -0.4 is 5.32 Å². The van der Waals surface area contributed by atoms with Crippen LogP contribution in [0, 0.1) is 17.5 Å². The first-order chi connectivity index (χ1) is 18.6. The van der Waals surface area contributed by atoms with Crippen LogP contribution >= 0.6 is 0 Å². The summed E-state index contributed by atoms with van der Waals surface area (Å²) in [6.45, 7) is 5.71. The Bertz CT molecular complexity index is 1270. The molecule has 0 unspecified atom stereocenters. The smallest absolute Gasteiger partial charge is 0.331 e. The first-order valence-electron chi connectivity index (χ1n) is 13.1. The van der Waals surface area contributed by atoms with Crippen LogP contribution in [0.3, 0.4) is 0 Å².